The first-order valence-electron chi connectivity index (χ1n) is 3.09. The van der Waals surface area contributed by atoms with E-state index in [2.05, 4.69) is 20.8 Å². The summed E-state index contributed by atoms with van der Waals surface area (Å²) in [4.78, 5) is 25.9. The van der Waals surface area contributed by atoms with Crippen molar-refractivity contribution in [1.29, 1.82) is 0 Å². The van der Waals surface area contributed by atoms with Crippen molar-refractivity contribution in [1.82, 2.24) is 10.9 Å². The van der Waals surface area contributed by atoms with Crippen LogP contribution in [0.1, 0.15) is 6.42 Å². The minimum Gasteiger partial charge on any atom is -0.369 e. The van der Waals surface area contributed by atoms with Gasteiger partial charge >= 0.3 is 5.97 Å². The van der Waals surface area contributed by atoms with E-state index in [1.807, 2.05) is 0 Å². The molecule has 0 spiro atoms. The van der Waals surface area contributed by atoms with Gasteiger partial charge in [0.2, 0.25) is 0 Å². The number of nitrogens with zero attached hydrogens (tertiary/aromatic N) is 1. The van der Waals surface area contributed by atoms with Gasteiger partial charge in [0.05, 0.1) is 12.1 Å². The third kappa shape index (κ3) is 0.874. The second-order valence-corrected chi connectivity index (χ2v) is 2.28. The molecule has 0 radical (unpaired) electrons. The van der Waals surface area contributed by atoms with Crippen LogP contribution in [0.4, 0.5) is 0 Å². The summed E-state index contributed by atoms with van der Waals surface area (Å²) in [5, 5.41) is 3.64. The molecule has 0 aromatic carbocycles. The first-order valence-corrected chi connectivity index (χ1v) is 3.09. The molecule has 1 fully saturated rings. The van der Waals surface area contributed by atoms with E-state index in [4.69, 9.17) is 0 Å². The molecule has 6 heteroatoms. The number of nitrogens with one attached hydrogen (secondary N) is 2. The van der Waals surface area contributed by atoms with Gasteiger partial charge < -0.3 is 4.84 Å². The van der Waals surface area contributed by atoms with Crippen molar-refractivity contribution in [2.75, 3.05) is 0 Å². The van der Waals surface area contributed by atoms with Crippen molar-refractivity contribution >= 4 is 17.6 Å². The Morgan fingerprint density at radius 2 is 2.36 bits per heavy atom. The van der Waals surface area contributed by atoms with Crippen LogP contribution in [0.2, 0.25) is 0 Å². The van der Waals surface area contributed by atoms with Gasteiger partial charge in [0.15, 0.2) is 6.04 Å². The Balaban J connectivity index is 2.21. The molecular weight excluding hydrogens is 150 g/mol. The van der Waals surface area contributed by atoms with Crippen molar-refractivity contribution < 1.29 is 14.4 Å². The number of hydrogen-bond acceptors (Lipinski definition) is 5. The van der Waals surface area contributed by atoms with Gasteiger partial charge in [-0.3, -0.25) is 4.79 Å². The maximum atomic E-state index is 10.8. The van der Waals surface area contributed by atoms with Crippen molar-refractivity contribution in [3.63, 3.8) is 0 Å². The fraction of sp³-hybridized carbons (Fsp3) is 0.400. The van der Waals surface area contributed by atoms with E-state index in [0.717, 1.165) is 0 Å². The van der Waals surface area contributed by atoms with Crippen LogP contribution in [0.3, 0.4) is 0 Å². The number of hydrogen-bond donors (Lipinski definition) is 2. The van der Waals surface area contributed by atoms with Crippen LogP contribution < -0.4 is 10.9 Å². The van der Waals surface area contributed by atoms with Gasteiger partial charge in [0.1, 0.15) is 0 Å². The van der Waals surface area contributed by atoms with E-state index in [0.29, 0.717) is 5.71 Å². The van der Waals surface area contributed by atoms with Gasteiger partial charge in [0.25, 0.3) is 5.91 Å². The van der Waals surface area contributed by atoms with Crippen LogP contribution in [-0.4, -0.2) is 23.6 Å². The smallest absolute Gasteiger partial charge is 0.330 e. The molecule has 0 saturated carbocycles. The average Bonchev–Trinajstić information content (AvgIpc) is 2.32. The molecule has 1 atom stereocenters. The Hall–Kier alpha value is -1.43. The molecule has 0 aromatic heterocycles. The molecule has 58 valence electrons. The maximum absolute atomic E-state index is 10.8. The third-order valence-electron chi connectivity index (χ3n) is 1.52. The van der Waals surface area contributed by atoms with E-state index in [9.17, 15) is 9.59 Å². The molecule has 0 aliphatic carbocycles. The normalized spacial score (nSPS) is 28.7. The summed E-state index contributed by atoms with van der Waals surface area (Å²) < 4.78 is 0. The van der Waals surface area contributed by atoms with Crippen LogP contribution in [0.15, 0.2) is 5.10 Å². The third-order valence-corrected chi connectivity index (χ3v) is 1.52. The lowest BCUT2D eigenvalue weighted by molar-refractivity contribution is -0.153. The summed E-state index contributed by atoms with van der Waals surface area (Å²) in [5.41, 5.74) is 5.02. The molecule has 1 saturated heterocycles. The predicted molar refractivity (Wildman–Crippen MR) is 33.2 cm³/mol. The molecule has 11 heavy (non-hydrogen) atoms. The zero-order valence-electron chi connectivity index (χ0n) is 5.46. The fourth-order valence-electron chi connectivity index (χ4n) is 0.979. The standard InChI is InChI=1S/C5H5N3O3/c9-3-1-2-4(8-11-3)5(10)7-6-2/h4,8H,1H2,(H,7,10). The lowest BCUT2D eigenvalue weighted by Crippen LogP contribution is -2.48. The Morgan fingerprint density at radius 1 is 1.55 bits per heavy atom. The molecule has 2 rings (SSSR count). The molecular formula is C5H5N3O3. The van der Waals surface area contributed by atoms with E-state index >= 15 is 0 Å². The summed E-state index contributed by atoms with van der Waals surface area (Å²) in [7, 11) is 0. The molecule has 2 N–H and O–H groups in total. The van der Waals surface area contributed by atoms with Crippen molar-refractivity contribution in [3.8, 4) is 0 Å². The number of carbonyl (C=O) groups is 2. The van der Waals surface area contributed by atoms with Crippen molar-refractivity contribution in [3.05, 3.63) is 0 Å². The van der Waals surface area contributed by atoms with Crippen molar-refractivity contribution in [2.45, 2.75) is 12.5 Å². The molecule has 1 unspecified atom stereocenters. The largest absolute Gasteiger partial charge is 0.369 e. The van der Waals surface area contributed by atoms with Gasteiger partial charge in [-0.1, -0.05) is 0 Å². The van der Waals surface area contributed by atoms with Gasteiger partial charge in [-0.25, -0.2) is 10.2 Å². The minimum absolute atomic E-state index is 0.0798. The highest BCUT2D eigenvalue weighted by Crippen LogP contribution is 2.07. The van der Waals surface area contributed by atoms with Crippen LogP contribution in [0, 0.1) is 0 Å². The highest BCUT2D eigenvalue weighted by molar-refractivity contribution is 6.17. The first kappa shape index (κ1) is 6.29. The molecule has 2 aliphatic rings. The Kier molecular flexibility index (Phi) is 1.16. The summed E-state index contributed by atoms with van der Waals surface area (Å²) in [5.74, 6) is -0.705. The zero-order chi connectivity index (χ0) is 7.84. The number of carbonyl (C=O) groups excluding carboxylic acids is 2. The average molecular weight is 155 g/mol. The number of amides is 1. The minimum atomic E-state index is -0.576. The summed E-state index contributed by atoms with van der Waals surface area (Å²) in [6.07, 6.45) is 0.0798. The predicted octanol–water partition coefficient (Wildman–Crippen LogP) is -1.71. The molecule has 1 amide bonds. The van der Waals surface area contributed by atoms with E-state index in [-0.39, 0.29) is 12.3 Å². The zero-order valence-corrected chi connectivity index (χ0v) is 5.46. The monoisotopic (exact) mass is 155 g/mol. The van der Waals surface area contributed by atoms with E-state index in [1.54, 1.807) is 0 Å². The molecule has 0 aromatic rings. The van der Waals surface area contributed by atoms with Gasteiger partial charge in [0, 0.05) is 0 Å². The lowest BCUT2D eigenvalue weighted by atomic mass is 10.1. The Labute approximate surface area is 61.5 Å². The lowest BCUT2D eigenvalue weighted by Gasteiger charge is -2.16. The van der Waals surface area contributed by atoms with Crippen LogP contribution in [-0.2, 0) is 14.4 Å². The fourth-order valence-corrected chi connectivity index (χ4v) is 0.979. The highest BCUT2D eigenvalue weighted by Gasteiger charge is 2.36. The van der Waals surface area contributed by atoms with E-state index < -0.39 is 12.0 Å². The topological polar surface area (TPSA) is 79.8 Å². The number of hydroxylamine groups is 1. The van der Waals surface area contributed by atoms with Gasteiger partial charge in [-0.2, -0.15) is 5.10 Å². The summed E-state index contributed by atoms with van der Waals surface area (Å²) >= 11 is 0. The second-order valence-electron chi connectivity index (χ2n) is 2.28. The Morgan fingerprint density at radius 3 is 3.18 bits per heavy atom. The molecule has 2 heterocycles. The van der Waals surface area contributed by atoms with Crippen LogP contribution in [0.25, 0.3) is 0 Å². The van der Waals surface area contributed by atoms with Gasteiger partial charge in [-0.15, -0.1) is 5.48 Å². The number of fused-ring (bicyclic) bond motifs is 1. The highest BCUT2D eigenvalue weighted by atomic mass is 16.7. The van der Waals surface area contributed by atoms with Crippen molar-refractivity contribution in [2.24, 2.45) is 5.10 Å². The van der Waals surface area contributed by atoms with Gasteiger partial charge in [-0.05, 0) is 0 Å². The maximum Gasteiger partial charge on any atom is 0.330 e. The molecule has 0 bridgehead atoms. The Bertz CT molecular complexity index is 260. The SMILES string of the molecule is O=C1CC2=NNC(=O)C2NO1. The first-order chi connectivity index (χ1) is 5.27. The summed E-state index contributed by atoms with van der Waals surface area (Å²) in [6.45, 7) is 0. The molecule has 2 aliphatic heterocycles. The summed E-state index contributed by atoms with van der Waals surface area (Å²) in [6, 6.07) is -0.576. The molecule has 6 nitrogen and oxygen atoms in total. The van der Waals surface area contributed by atoms with E-state index in [1.165, 1.54) is 0 Å². The quantitative estimate of drug-likeness (QED) is 0.436. The number of rotatable bonds is 0. The van der Waals surface area contributed by atoms with Crippen LogP contribution >= 0.6 is 0 Å². The second kappa shape index (κ2) is 2.03. The number of hydrazone groups is 1. The van der Waals surface area contributed by atoms with Crippen LogP contribution in [0.5, 0.6) is 0 Å².